The molecule has 0 bridgehead atoms. The zero-order valence-corrected chi connectivity index (χ0v) is 16.1. The third-order valence-corrected chi connectivity index (χ3v) is 7.68. The molecule has 3 rings (SSSR count). The van der Waals surface area contributed by atoms with Crippen molar-refractivity contribution in [3.8, 4) is 0 Å². The van der Waals surface area contributed by atoms with E-state index in [9.17, 15) is 13.2 Å². The van der Waals surface area contributed by atoms with E-state index in [1.54, 1.807) is 13.8 Å². The van der Waals surface area contributed by atoms with Crippen LogP contribution in [-0.4, -0.2) is 40.9 Å². The van der Waals surface area contributed by atoms with E-state index in [0.29, 0.717) is 35.2 Å². The number of hydrogen-bond donors (Lipinski definition) is 1. The summed E-state index contributed by atoms with van der Waals surface area (Å²) in [7, 11) is -3.21. The third kappa shape index (κ3) is 3.37. The summed E-state index contributed by atoms with van der Waals surface area (Å²) in [4.78, 5) is 22.5. The second kappa shape index (κ2) is 6.51. The number of thiazole rings is 2. The highest BCUT2D eigenvalue weighted by atomic mass is 32.2. The summed E-state index contributed by atoms with van der Waals surface area (Å²) in [5, 5.41) is 4.16. The van der Waals surface area contributed by atoms with Gasteiger partial charge in [-0.25, -0.2) is 18.4 Å². The third-order valence-electron chi connectivity index (χ3n) is 3.78. The minimum Gasteiger partial charge on any atom is -0.297 e. The predicted octanol–water partition coefficient (Wildman–Crippen LogP) is 2.18. The number of nitrogens with zero attached hydrogens (tertiary/aromatic N) is 3. The van der Waals surface area contributed by atoms with Gasteiger partial charge in [0.1, 0.15) is 4.88 Å². The highest BCUT2D eigenvalue weighted by Gasteiger charge is 2.28. The highest BCUT2D eigenvalue weighted by Crippen LogP contribution is 2.30. The van der Waals surface area contributed by atoms with Gasteiger partial charge in [-0.2, -0.15) is 4.31 Å². The van der Waals surface area contributed by atoms with Crippen LogP contribution in [0.5, 0.6) is 0 Å². The molecule has 0 aromatic carbocycles. The summed E-state index contributed by atoms with van der Waals surface area (Å²) < 4.78 is 25.5. The van der Waals surface area contributed by atoms with Gasteiger partial charge in [0.15, 0.2) is 5.13 Å². The second-order valence-electron chi connectivity index (χ2n) is 5.47. The second-order valence-corrected chi connectivity index (χ2v) is 10.0. The maximum Gasteiger partial charge on any atom is 0.269 e. The number of hydrogen-bond acceptors (Lipinski definition) is 7. The van der Waals surface area contributed by atoms with E-state index in [0.717, 1.165) is 15.6 Å². The lowest BCUT2D eigenvalue weighted by Gasteiger charge is -2.24. The van der Waals surface area contributed by atoms with Crippen LogP contribution in [0.3, 0.4) is 0 Å². The molecular formula is C14H18N4O3S3. The first-order chi connectivity index (χ1) is 11.3. The molecule has 1 aliphatic rings. The maximum absolute atomic E-state index is 12.4. The number of amides is 1. The van der Waals surface area contributed by atoms with E-state index in [-0.39, 0.29) is 11.7 Å². The Morgan fingerprint density at radius 1 is 1.29 bits per heavy atom. The first-order valence-corrected chi connectivity index (χ1v) is 10.8. The Bertz CT molecular complexity index is 885. The molecule has 1 amide bonds. The van der Waals surface area contributed by atoms with Gasteiger partial charge >= 0.3 is 0 Å². The number of sulfonamides is 1. The molecule has 3 heterocycles. The van der Waals surface area contributed by atoms with Gasteiger partial charge in [-0.3, -0.25) is 10.1 Å². The molecule has 7 nitrogen and oxygen atoms in total. The van der Waals surface area contributed by atoms with Crippen molar-refractivity contribution in [1.29, 1.82) is 0 Å². The molecule has 2 aromatic heterocycles. The number of carbonyl (C=O) groups excluding carboxylic acids is 1. The minimum atomic E-state index is -3.21. The SMILES string of the molecule is CCS(=O)(=O)N1CCc2nc(NC(=O)c3sc(C)nc3C)sc2C1. The summed E-state index contributed by atoms with van der Waals surface area (Å²) in [5.74, 6) is -0.128. The molecule has 0 saturated heterocycles. The smallest absolute Gasteiger partial charge is 0.269 e. The fraction of sp³-hybridized carbons (Fsp3) is 0.500. The molecule has 0 saturated carbocycles. The van der Waals surface area contributed by atoms with Crippen LogP contribution in [0.2, 0.25) is 0 Å². The van der Waals surface area contributed by atoms with Gasteiger partial charge in [-0.1, -0.05) is 0 Å². The Morgan fingerprint density at radius 2 is 2.04 bits per heavy atom. The molecule has 2 aromatic rings. The van der Waals surface area contributed by atoms with E-state index >= 15 is 0 Å². The fourth-order valence-electron chi connectivity index (χ4n) is 2.54. The van der Waals surface area contributed by atoms with Crippen LogP contribution in [0.4, 0.5) is 5.13 Å². The van der Waals surface area contributed by atoms with Crippen molar-refractivity contribution in [2.45, 2.75) is 33.7 Å². The Labute approximate surface area is 148 Å². The summed E-state index contributed by atoms with van der Waals surface area (Å²) >= 11 is 2.69. The van der Waals surface area contributed by atoms with Crippen LogP contribution in [0.1, 0.15) is 37.9 Å². The topological polar surface area (TPSA) is 92.3 Å². The molecule has 24 heavy (non-hydrogen) atoms. The minimum absolute atomic E-state index is 0.0920. The van der Waals surface area contributed by atoms with Crippen LogP contribution < -0.4 is 5.32 Å². The van der Waals surface area contributed by atoms with Gasteiger partial charge in [0, 0.05) is 24.4 Å². The molecule has 10 heteroatoms. The summed E-state index contributed by atoms with van der Waals surface area (Å²) in [5.41, 5.74) is 1.58. The molecule has 0 radical (unpaired) electrons. The predicted molar refractivity (Wildman–Crippen MR) is 95.2 cm³/mol. The highest BCUT2D eigenvalue weighted by molar-refractivity contribution is 7.89. The normalized spacial score (nSPS) is 15.3. The molecule has 0 fully saturated rings. The molecule has 0 aliphatic carbocycles. The average molecular weight is 387 g/mol. The summed E-state index contributed by atoms with van der Waals surface area (Å²) in [6, 6.07) is 0. The van der Waals surface area contributed by atoms with Crippen molar-refractivity contribution < 1.29 is 13.2 Å². The van der Waals surface area contributed by atoms with Gasteiger partial charge in [0.25, 0.3) is 5.91 Å². The molecule has 1 aliphatic heterocycles. The summed E-state index contributed by atoms with van der Waals surface area (Å²) in [6.07, 6.45) is 0.569. The molecule has 0 atom stereocenters. The lowest BCUT2D eigenvalue weighted by Crippen LogP contribution is -2.36. The van der Waals surface area contributed by atoms with E-state index in [2.05, 4.69) is 15.3 Å². The first-order valence-electron chi connectivity index (χ1n) is 7.52. The van der Waals surface area contributed by atoms with E-state index < -0.39 is 10.0 Å². The van der Waals surface area contributed by atoms with Crippen molar-refractivity contribution in [2.75, 3.05) is 17.6 Å². The lowest BCUT2D eigenvalue weighted by molar-refractivity contribution is 0.103. The van der Waals surface area contributed by atoms with Gasteiger partial charge in [0.2, 0.25) is 10.0 Å². The van der Waals surface area contributed by atoms with E-state index in [1.807, 2.05) is 6.92 Å². The Morgan fingerprint density at radius 3 is 2.67 bits per heavy atom. The largest absolute Gasteiger partial charge is 0.297 e. The maximum atomic E-state index is 12.4. The quantitative estimate of drug-likeness (QED) is 0.869. The van der Waals surface area contributed by atoms with Crippen molar-refractivity contribution in [1.82, 2.24) is 14.3 Å². The number of carbonyl (C=O) groups is 1. The standard InChI is InChI=1S/C14H18N4O3S3/c1-4-24(20,21)18-6-5-10-11(7-18)23-14(16-10)17-13(19)12-8(2)15-9(3)22-12/h4-7H2,1-3H3,(H,16,17,19). The van der Waals surface area contributed by atoms with Crippen LogP contribution >= 0.6 is 22.7 Å². The van der Waals surface area contributed by atoms with Crippen molar-refractivity contribution in [3.05, 3.63) is 26.1 Å². The zero-order valence-electron chi connectivity index (χ0n) is 13.6. The van der Waals surface area contributed by atoms with Gasteiger partial charge in [0.05, 0.1) is 22.1 Å². The molecule has 0 spiro atoms. The van der Waals surface area contributed by atoms with Gasteiger partial charge in [-0.05, 0) is 20.8 Å². The number of aryl methyl sites for hydroxylation is 2. The van der Waals surface area contributed by atoms with Crippen LogP contribution in [0, 0.1) is 13.8 Å². The summed E-state index contributed by atoms with van der Waals surface area (Å²) in [6.45, 7) is 6.08. The van der Waals surface area contributed by atoms with Crippen LogP contribution in [0.15, 0.2) is 0 Å². The molecule has 0 unspecified atom stereocenters. The number of aromatic nitrogens is 2. The van der Waals surface area contributed by atoms with E-state index in [4.69, 9.17) is 0 Å². The Kier molecular flexibility index (Phi) is 4.73. The monoisotopic (exact) mass is 386 g/mol. The Hall–Kier alpha value is -1.36. The van der Waals surface area contributed by atoms with Gasteiger partial charge in [-0.15, -0.1) is 22.7 Å². The van der Waals surface area contributed by atoms with Crippen LogP contribution in [-0.2, 0) is 23.0 Å². The van der Waals surface area contributed by atoms with Crippen molar-refractivity contribution in [2.24, 2.45) is 0 Å². The lowest BCUT2D eigenvalue weighted by atomic mass is 10.2. The van der Waals surface area contributed by atoms with Crippen LogP contribution in [0.25, 0.3) is 0 Å². The van der Waals surface area contributed by atoms with Gasteiger partial charge < -0.3 is 0 Å². The molecule has 1 N–H and O–H groups in total. The number of anilines is 1. The van der Waals surface area contributed by atoms with Crippen molar-refractivity contribution >= 4 is 43.7 Å². The molecule has 130 valence electrons. The molecular weight excluding hydrogens is 368 g/mol. The Balaban J connectivity index is 1.77. The first kappa shape index (κ1) is 17.5. The number of rotatable bonds is 4. The zero-order chi connectivity index (χ0) is 17.5. The number of nitrogens with one attached hydrogen (secondary N) is 1. The van der Waals surface area contributed by atoms with Crippen molar-refractivity contribution in [3.63, 3.8) is 0 Å². The average Bonchev–Trinajstić information content (AvgIpc) is 3.08. The fourth-order valence-corrected chi connectivity index (χ4v) is 5.52. The van der Waals surface area contributed by atoms with E-state index in [1.165, 1.54) is 27.0 Å². The number of fused-ring (bicyclic) bond motifs is 1.